The number of rotatable bonds is 6. The maximum absolute atomic E-state index is 13.1. The molecule has 0 unspecified atom stereocenters. The van der Waals surface area contributed by atoms with Crippen molar-refractivity contribution in [2.24, 2.45) is 5.92 Å². The summed E-state index contributed by atoms with van der Waals surface area (Å²) in [6.45, 7) is 5.29. The van der Waals surface area contributed by atoms with Crippen LogP contribution >= 0.6 is 0 Å². The van der Waals surface area contributed by atoms with E-state index in [-0.39, 0.29) is 29.8 Å². The van der Waals surface area contributed by atoms with Crippen LogP contribution in [0.2, 0.25) is 0 Å². The van der Waals surface area contributed by atoms with Crippen molar-refractivity contribution in [3.05, 3.63) is 58.6 Å². The van der Waals surface area contributed by atoms with Gasteiger partial charge in [0.05, 0.1) is 17.4 Å². The SMILES string of the molecule is CCOc1ccc(N2C[C@H](C(=O)N3CCN(c4ccc([N+](=O)[O-])cc4)CC3)CC2=O)cc1. The average molecular weight is 438 g/mol. The first-order chi connectivity index (χ1) is 15.5. The fourth-order valence-electron chi connectivity index (χ4n) is 4.24. The molecule has 2 aliphatic heterocycles. The van der Waals surface area contributed by atoms with E-state index in [2.05, 4.69) is 4.90 Å². The minimum absolute atomic E-state index is 0.00939. The van der Waals surface area contributed by atoms with Crippen molar-refractivity contribution < 1.29 is 19.2 Å². The quantitative estimate of drug-likeness (QED) is 0.508. The zero-order valence-corrected chi connectivity index (χ0v) is 18.0. The van der Waals surface area contributed by atoms with Crippen molar-refractivity contribution in [1.29, 1.82) is 0 Å². The first-order valence-corrected chi connectivity index (χ1v) is 10.8. The third-order valence-electron chi connectivity index (χ3n) is 5.95. The van der Waals surface area contributed by atoms with Gasteiger partial charge in [-0.05, 0) is 43.3 Å². The van der Waals surface area contributed by atoms with E-state index in [1.807, 2.05) is 36.1 Å². The molecule has 9 heteroatoms. The molecule has 9 nitrogen and oxygen atoms in total. The molecular formula is C23H26N4O5. The number of amides is 2. The number of nitro groups is 1. The zero-order chi connectivity index (χ0) is 22.7. The number of anilines is 2. The van der Waals surface area contributed by atoms with E-state index in [0.717, 1.165) is 17.1 Å². The second-order valence-corrected chi connectivity index (χ2v) is 7.92. The molecule has 0 bridgehead atoms. The fourth-order valence-corrected chi connectivity index (χ4v) is 4.24. The number of hydrogen-bond donors (Lipinski definition) is 0. The number of carbonyl (C=O) groups is 2. The monoisotopic (exact) mass is 438 g/mol. The van der Waals surface area contributed by atoms with Crippen LogP contribution in [0.4, 0.5) is 17.1 Å². The molecule has 0 saturated carbocycles. The molecule has 0 spiro atoms. The largest absolute Gasteiger partial charge is 0.494 e. The van der Waals surface area contributed by atoms with Gasteiger partial charge in [-0.2, -0.15) is 0 Å². The van der Waals surface area contributed by atoms with Crippen molar-refractivity contribution >= 4 is 28.9 Å². The van der Waals surface area contributed by atoms with Crippen LogP contribution in [0.5, 0.6) is 5.75 Å². The molecular weight excluding hydrogens is 412 g/mol. The highest BCUT2D eigenvalue weighted by atomic mass is 16.6. The smallest absolute Gasteiger partial charge is 0.269 e. The van der Waals surface area contributed by atoms with Gasteiger partial charge in [0.25, 0.3) is 5.69 Å². The van der Waals surface area contributed by atoms with Gasteiger partial charge in [-0.15, -0.1) is 0 Å². The summed E-state index contributed by atoms with van der Waals surface area (Å²) < 4.78 is 5.45. The van der Waals surface area contributed by atoms with E-state index in [1.54, 1.807) is 17.0 Å². The van der Waals surface area contributed by atoms with Gasteiger partial charge < -0.3 is 19.4 Å². The van der Waals surface area contributed by atoms with E-state index < -0.39 is 4.92 Å². The molecule has 2 aromatic carbocycles. The molecule has 2 aliphatic rings. The number of non-ortho nitro benzene ring substituents is 1. The first-order valence-electron chi connectivity index (χ1n) is 10.8. The maximum Gasteiger partial charge on any atom is 0.269 e. The third kappa shape index (κ3) is 4.51. The number of benzene rings is 2. The Labute approximate surface area is 186 Å². The molecule has 2 amide bonds. The van der Waals surface area contributed by atoms with Crippen LogP contribution in [0.1, 0.15) is 13.3 Å². The van der Waals surface area contributed by atoms with Crippen molar-refractivity contribution in [3.63, 3.8) is 0 Å². The molecule has 32 heavy (non-hydrogen) atoms. The lowest BCUT2D eigenvalue weighted by molar-refractivity contribution is -0.384. The minimum atomic E-state index is -0.417. The predicted octanol–water partition coefficient (Wildman–Crippen LogP) is 2.70. The number of nitrogens with zero attached hydrogens (tertiary/aromatic N) is 4. The highest BCUT2D eigenvalue weighted by Crippen LogP contribution is 2.28. The zero-order valence-electron chi connectivity index (χ0n) is 18.0. The van der Waals surface area contributed by atoms with E-state index in [4.69, 9.17) is 4.74 Å². The summed E-state index contributed by atoms with van der Waals surface area (Å²) in [5.74, 6) is 0.369. The van der Waals surface area contributed by atoms with E-state index in [9.17, 15) is 19.7 Å². The number of ether oxygens (including phenoxy) is 1. The molecule has 0 aromatic heterocycles. The molecule has 168 valence electrons. The van der Waals surface area contributed by atoms with Crippen LogP contribution in [0.3, 0.4) is 0 Å². The van der Waals surface area contributed by atoms with Gasteiger partial charge in [0, 0.05) is 62.7 Å². The van der Waals surface area contributed by atoms with Crippen molar-refractivity contribution in [3.8, 4) is 5.75 Å². The second kappa shape index (κ2) is 9.25. The highest BCUT2D eigenvalue weighted by molar-refractivity contribution is 6.00. The molecule has 4 rings (SSSR count). The van der Waals surface area contributed by atoms with Crippen LogP contribution < -0.4 is 14.5 Å². The Kier molecular flexibility index (Phi) is 6.25. The second-order valence-electron chi connectivity index (χ2n) is 7.92. The number of piperazine rings is 1. The predicted molar refractivity (Wildman–Crippen MR) is 120 cm³/mol. The van der Waals surface area contributed by atoms with Gasteiger partial charge >= 0.3 is 0 Å². The van der Waals surface area contributed by atoms with E-state index in [0.29, 0.717) is 39.3 Å². The first kappa shape index (κ1) is 21.6. The van der Waals surface area contributed by atoms with Gasteiger partial charge in [-0.25, -0.2) is 0 Å². The Hall–Kier alpha value is -3.62. The van der Waals surface area contributed by atoms with Gasteiger partial charge in [-0.3, -0.25) is 19.7 Å². The number of hydrogen-bond acceptors (Lipinski definition) is 6. The van der Waals surface area contributed by atoms with Crippen molar-refractivity contribution in [2.75, 3.05) is 49.1 Å². The summed E-state index contributed by atoms with van der Waals surface area (Å²) in [6, 6.07) is 13.8. The summed E-state index contributed by atoms with van der Waals surface area (Å²) >= 11 is 0. The molecule has 0 aliphatic carbocycles. The van der Waals surface area contributed by atoms with Crippen LogP contribution in [0, 0.1) is 16.0 Å². The number of carbonyl (C=O) groups excluding carboxylic acids is 2. The standard InChI is InChI=1S/C23H26N4O5/c1-2-32-21-9-7-19(8-10-21)26-16-17(15-22(26)28)23(29)25-13-11-24(12-14-25)18-3-5-20(6-4-18)27(30)31/h3-10,17H,2,11-16H2,1H3/t17-/m1/s1. The van der Waals surface area contributed by atoms with Crippen LogP contribution in [-0.4, -0.2) is 61.0 Å². The van der Waals surface area contributed by atoms with E-state index in [1.165, 1.54) is 12.1 Å². The Morgan fingerprint density at radius 1 is 1.03 bits per heavy atom. The summed E-state index contributed by atoms with van der Waals surface area (Å²) in [4.78, 5) is 41.6. The lowest BCUT2D eigenvalue weighted by Crippen LogP contribution is -2.50. The highest BCUT2D eigenvalue weighted by Gasteiger charge is 2.38. The summed E-state index contributed by atoms with van der Waals surface area (Å²) in [6.07, 6.45) is 0.217. The Morgan fingerprint density at radius 3 is 2.25 bits per heavy atom. The Morgan fingerprint density at radius 2 is 1.66 bits per heavy atom. The molecule has 2 fully saturated rings. The lowest BCUT2D eigenvalue weighted by Gasteiger charge is -2.37. The van der Waals surface area contributed by atoms with Crippen LogP contribution in [0.25, 0.3) is 0 Å². The summed E-state index contributed by atoms with van der Waals surface area (Å²) in [5.41, 5.74) is 1.74. The van der Waals surface area contributed by atoms with Crippen LogP contribution in [0.15, 0.2) is 48.5 Å². The van der Waals surface area contributed by atoms with Gasteiger partial charge in [0.2, 0.25) is 11.8 Å². The van der Waals surface area contributed by atoms with Gasteiger partial charge in [0.15, 0.2) is 0 Å². The lowest BCUT2D eigenvalue weighted by atomic mass is 10.1. The van der Waals surface area contributed by atoms with Crippen molar-refractivity contribution in [1.82, 2.24) is 4.90 Å². The van der Waals surface area contributed by atoms with Gasteiger partial charge in [0.1, 0.15) is 5.75 Å². The summed E-state index contributed by atoms with van der Waals surface area (Å²) in [5, 5.41) is 10.8. The molecule has 2 aromatic rings. The molecule has 1 atom stereocenters. The van der Waals surface area contributed by atoms with Crippen molar-refractivity contribution in [2.45, 2.75) is 13.3 Å². The van der Waals surface area contributed by atoms with Gasteiger partial charge in [-0.1, -0.05) is 0 Å². The van der Waals surface area contributed by atoms with Crippen LogP contribution in [-0.2, 0) is 9.59 Å². The minimum Gasteiger partial charge on any atom is -0.494 e. The maximum atomic E-state index is 13.1. The molecule has 0 N–H and O–H groups in total. The Balaban J connectivity index is 1.33. The normalized spacial score (nSPS) is 18.7. The average Bonchev–Trinajstić information content (AvgIpc) is 3.21. The third-order valence-corrected chi connectivity index (χ3v) is 5.95. The Bertz CT molecular complexity index is 984. The fraction of sp³-hybridized carbons (Fsp3) is 0.391. The summed E-state index contributed by atoms with van der Waals surface area (Å²) in [7, 11) is 0. The molecule has 2 saturated heterocycles. The molecule has 0 radical (unpaired) electrons. The topological polar surface area (TPSA) is 96.2 Å². The van der Waals surface area contributed by atoms with E-state index >= 15 is 0 Å². The molecule has 2 heterocycles. The number of nitro benzene ring substituents is 1.